The molecule has 0 spiro atoms. The first-order valence-electron chi connectivity index (χ1n) is 9.17. The van der Waals surface area contributed by atoms with Crippen molar-refractivity contribution in [2.45, 2.75) is 67.7 Å². The van der Waals surface area contributed by atoms with Crippen molar-refractivity contribution in [3.8, 4) is 0 Å². The van der Waals surface area contributed by atoms with Crippen molar-refractivity contribution >= 4 is 5.97 Å². The van der Waals surface area contributed by atoms with Crippen molar-refractivity contribution in [1.82, 2.24) is 0 Å². The quantitative estimate of drug-likeness (QED) is 0.442. The topological polar surface area (TPSA) is 35.5 Å². The minimum absolute atomic E-state index is 0.00360. The van der Waals surface area contributed by atoms with E-state index in [9.17, 15) is 4.79 Å². The van der Waals surface area contributed by atoms with Crippen LogP contribution < -0.4 is 0 Å². The third kappa shape index (κ3) is 5.34. The summed E-state index contributed by atoms with van der Waals surface area (Å²) in [6, 6.07) is 0. The summed E-state index contributed by atoms with van der Waals surface area (Å²) in [5.41, 5.74) is 2.94. The molecule has 3 heteroatoms. The van der Waals surface area contributed by atoms with Gasteiger partial charge >= 0.3 is 5.97 Å². The molecule has 0 aromatic heterocycles. The second-order valence-corrected chi connectivity index (χ2v) is 7.85. The molecule has 0 aromatic carbocycles. The Balaban J connectivity index is 2.47. The zero-order valence-corrected chi connectivity index (χ0v) is 16.2. The fourth-order valence-electron chi connectivity index (χ4n) is 2.98. The Bertz CT molecular complexity index is 423. The number of rotatable bonds is 9. The first-order valence-corrected chi connectivity index (χ1v) is 9.17. The van der Waals surface area contributed by atoms with Gasteiger partial charge in [-0.05, 0) is 36.7 Å². The lowest BCUT2D eigenvalue weighted by Gasteiger charge is -2.48. The highest BCUT2D eigenvalue weighted by Gasteiger charge is 2.44. The lowest BCUT2D eigenvalue weighted by atomic mass is 9.58. The average Bonchev–Trinajstić information content (AvgIpc) is 2.52. The van der Waals surface area contributed by atoms with E-state index in [1.807, 2.05) is 13.8 Å². The number of allylic oxidation sites excluding steroid dienone is 1. The van der Waals surface area contributed by atoms with Gasteiger partial charge in [0.25, 0.3) is 0 Å². The van der Waals surface area contributed by atoms with E-state index in [0.717, 1.165) is 32.5 Å². The molecule has 0 radical (unpaired) electrons. The first kappa shape index (κ1) is 20.2. The van der Waals surface area contributed by atoms with Gasteiger partial charge in [0.2, 0.25) is 0 Å². The third-order valence-electron chi connectivity index (χ3n) is 5.62. The van der Waals surface area contributed by atoms with Crippen LogP contribution in [0.15, 0.2) is 11.1 Å². The summed E-state index contributed by atoms with van der Waals surface area (Å²) >= 11 is 0. The first-order chi connectivity index (χ1) is 10.7. The Hall–Kier alpha value is -0.830. The summed E-state index contributed by atoms with van der Waals surface area (Å²) in [5, 5.41) is 0. The summed E-state index contributed by atoms with van der Waals surface area (Å²) in [4.78, 5) is 11.8. The third-order valence-corrected chi connectivity index (χ3v) is 5.62. The largest absolute Gasteiger partial charge is 0.465 e. The highest BCUT2D eigenvalue weighted by molar-refractivity contribution is 5.71. The molecule has 1 rings (SSSR count). The van der Waals surface area contributed by atoms with Crippen molar-refractivity contribution in [2.24, 2.45) is 23.2 Å². The normalized spacial score (nSPS) is 24.6. The van der Waals surface area contributed by atoms with Crippen molar-refractivity contribution in [1.29, 1.82) is 0 Å². The van der Waals surface area contributed by atoms with E-state index in [1.54, 1.807) is 0 Å². The number of carbonyl (C=O) groups excluding carboxylic acids is 1. The summed E-state index contributed by atoms with van der Waals surface area (Å²) in [6.07, 6.45) is 3.02. The van der Waals surface area contributed by atoms with Crippen LogP contribution in [0.3, 0.4) is 0 Å². The molecule has 134 valence electrons. The zero-order chi connectivity index (χ0) is 17.6. The van der Waals surface area contributed by atoms with E-state index >= 15 is 0 Å². The average molecular weight is 325 g/mol. The molecule has 1 saturated carbocycles. The van der Waals surface area contributed by atoms with Gasteiger partial charge in [-0.3, -0.25) is 4.79 Å². The lowest BCUT2D eigenvalue weighted by molar-refractivity contribution is -0.151. The summed E-state index contributed by atoms with van der Waals surface area (Å²) < 4.78 is 11.3. The van der Waals surface area contributed by atoms with Crippen molar-refractivity contribution in [3.05, 3.63) is 11.1 Å². The molecule has 1 fully saturated rings. The van der Waals surface area contributed by atoms with Crippen LogP contribution in [0.2, 0.25) is 0 Å². The molecule has 1 aliphatic carbocycles. The van der Waals surface area contributed by atoms with Gasteiger partial charge in [-0.2, -0.15) is 0 Å². The zero-order valence-electron chi connectivity index (χ0n) is 16.2. The molecule has 0 aromatic rings. The molecule has 0 aliphatic heterocycles. The maximum absolute atomic E-state index is 11.8. The fourth-order valence-corrected chi connectivity index (χ4v) is 2.98. The maximum atomic E-state index is 11.8. The predicted octanol–water partition coefficient (Wildman–Crippen LogP) is 5.00. The number of hydrogen-bond acceptors (Lipinski definition) is 3. The van der Waals surface area contributed by atoms with Gasteiger partial charge in [-0.25, -0.2) is 0 Å². The monoisotopic (exact) mass is 324 g/mol. The number of ether oxygens (including phenoxy) is 2. The molecular formula is C20H36O3. The SMILES string of the molecule is CCC(C)COCC(C)=C1CC(COC(=O)C(C)CC)C1(C)C. The molecule has 3 atom stereocenters. The van der Waals surface area contributed by atoms with Gasteiger partial charge in [-0.1, -0.05) is 53.5 Å². The van der Waals surface area contributed by atoms with Crippen molar-refractivity contribution in [2.75, 3.05) is 19.8 Å². The summed E-state index contributed by atoms with van der Waals surface area (Å²) in [5.74, 6) is 0.989. The van der Waals surface area contributed by atoms with Crippen LogP contribution in [0.4, 0.5) is 0 Å². The minimum atomic E-state index is -0.0608. The second-order valence-electron chi connectivity index (χ2n) is 7.85. The predicted molar refractivity (Wildman–Crippen MR) is 95.3 cm³/mol. The van der Waals surface area contributed by atoms with E-state index in [-0.39, 0.29) is 17.3 Å². The highest BCUT2D eigenvalue weighted by Crippen LogP contribution is 2.52. The van der Waals surface area contributed by atoms with Crippen LogP contribution in [0, 0.1) is 23.2 Å². The molecule has 0 saturated heterocycles. The van der Waals surface area contributed by atoms with E-state index in [2.05, 4.69) is 34.6 Å². The molecule has 0 heterocycles. The molecule has 1 aliphatic rings. The van der Waals surface area contributed by atoms with E-state index in [0.29, 0.717) is 18.4 Å². The van der Waals surface area contributed by atoms with Gasteiger partial charge in [-0.15, -0.1) is 0 Å². The number of hydrogen-bond donors (Lipinski definition) is 0. The Morgan fingerprint density at radius 1 is 1.26 bits per heavy atom. The Labute approximate surface area is 142 Å². The van der Waals surface area contributed by atoms with Crippen LogP contribution in [0.1, 0.15) is 67.7 Å². The van der Waals surface area contributed by atoms with Crippen LogP contribution in [-0.4, -0.2) is 25.8 Å². The van der Waals surface area contributed by atoms with Crippen LogP contribution in [-0.2, 0) is 14.3 Å². The number of esters is 1. The van der Waals surface area contributed by atoms with Crippen LogP contribution >= 0.6 is 0 Å². The molecule has 0 amide bonds. The Morgan fingerprint density at radius 3 is 2.43 bits per heavy atom. The molecule has 0 N–H and O–H groups in total. The standard InChI is InChI=1S/C20H36O3/c1-8-14(3)11-22-12-16(5)18-10-17(20(18,6)7)13-23-19(21)15(4)9-2/h14-15,17H,8-13H2,1-7H3. The molecule has 23 heavy (non-hydrogen) atoms. The maximum Gasteiger partial charge on any atom is 0.308 e. The number of carbonyl (C=O) groups is 1. The van der Waals surface area contributed by atoms with Crippen molar-refractivity contribution in [3.63, 3.8) is 0 Å². The van der Waals surface area contributed by atoms with E-state index < -0.39 is 0 Å². The van der Waals surface area contributed by atoms with E-state index in [4.69, 9.17) is 9.47 Å². The van der Waals surface area contributed by atoms with E-state index in [1.165, 1.54) is 11.1 Å². The Morgan fingerprint density at radius 2 is 1.91 bits per heavy atom. The fraction of sp³-hybridized carbons (Fsp3) is 0.850. The van der Waals surface area contributed by atoms with Crippen LogP contribution in [0.25, 0.3) is 0 Å². The van der Waals surface area contributed by atoms with Crippen LogP contribution in [0.5, 0.6) is 0 Å². The smallest absolute Gasteiger partial charge is 0.308 e. The van der Waals surface area contributed by atoms with Crippen molar-refractivity contribution < 1.29 is 14.3 Å². The van der Waals surface area contributed by atoms with Gasteiger partial charge in [0.05, 0.1) is 19.1 Å². The highest BCUT2D eigenvalue weighted by atomic mass is 16.5. The molecular weight excluding hydrogens is 288 g/mol. The summed E-state index contributed by atoms with van der Waals surface area (Å²) in [6.45, 7) is 17.1. The second kappa shape index (κ2) is 8.86. The Kier molecular flexibility index (Phi) is 7.79. The van der Waals surface area contributed by atoms with Gasteiger partial charge in [0.15, 0.2) is 0 Å². The molecule has 3 nitrogen and oxygen atoms in total. The van der Waals surface area contributed by atoms with Gasteiger partial charge < -0.3 is 9.47 Å². The van der Waals surface area contributed by atoms with Gasteiger partial charge in [0, 0.05) is 12.5 Å². The molecule has 3 unspecified atom stereocenters. The molecule has 0 bridgehead atoms. The minimum Gasteiger partial charge on any atom is -0.465 e. The van der Waals surface area contributed by atoms with Gasteiger partial charge in [0.1, 0.15) is 0 Å². The summed E-state index contributed by atoms with van der Waals surface area (Å²) in [7, 11) is 0. The lowest BCUT2D eigenvalue weighted by Crippen LogP contribution is -2.42.